The van der Waals surface area contributed by atoms with E-state index in [0.717, 1.165) is 25.9 Å². The average molecular weight is 457 g/mol. The highest BCUT2D eigenvalue weighted by atomic mass is 32.2. The number of carbonyl (C=O) groups excluding carboxylic acids is 1. The van der Waals surface area contributed by atoms with Gasteiger partial charge < -0.3 is 10.2 Å². The molecular formula is C24H32N4O3S. The van der Waals surface area contributed by atoms with Crippen molar-refractivity contribution in [2.75, 3.05) is 20.1 Å². The normalized spacial score (nSPS) is 17.6. The largest absolute Gasteiger partial charge is 0.354 e. The van der Waals surface area contributed by atoms with Gasteiger partial charge in [-0.3, -0.25) is 14.5 Å². The number of rotatable bonds is 10. The van der Waals surface area contributed by atoms with E-state index in [2.05, 4.69) is 39.1 Å². The molecule has 2 N–H and O–H groups in total. The third-order valence-corrected chi connectivity index (χ3v) is 7.09. The lowest BCUT2D eigenvalue weighted by Gasteiger charge is -2.20. The molecule has 2 aromatic carbocycles. The molecule has 0 bridgehead atoms. The minimum atomic E-state index is -3.63. The first-order valence-corrected chi connectivity index (χ1v) is 12.5. The van der Waals surface area contributed by atoms with Crippen LogP contribution in [0.4, 0.5) is 0 Å². The van der Waals surface area contributed by atoms with Gasteiger partial charge in [0.2, 0.25) is 5.91 Å². The molecule has 1 amide bonds. The first-order chi connectivity index (χ1) is 15.3. The summed E-state index contributed by atoms with van der Waals surface area (Å²) in [4.78, 5) is 19.9. The van der Waals surface area contributed by atoms with Gasteiger partial charge >= 0.3 is 0 Å². The van der Waals surface area contributed by atoms with Gasteiger partial charge in [-0.05, 0) is 43.6 Å². The zero-order valence-corrected chi connectivity index (χ0v) is 19.7. The molecule has 0 spiro atoms. The van der Waals surface area contributed by atoms with Crippen LogP contribution in [0.1, 0.15) is 37.8 Å². The fourth-order valence-corrected chi connectivity index (χ4v) is 4.91. The Morgan fingerprint density at radius 3 is 2.53 bits per heavy atom. The Morgan fingerprint density at radius 1 is 1.12 bits per heavy atom. The molecule has 0 saturated carbocycles. The number of benzene rings is 2. The number of hydrogen-bond donors (Lipinski definition) is 2. The standard InChI is InChI=1S/C24H32N4O3S/c1-4-18(2)22(26-23-20-13-8-9-14-21(20)32(30,31)27-23)24(29)25-15-10-16-28(3)17-19-11-6-5-7-12-19/h5-9,11-14,18,22H,4,10,15-17H2,1-3H3,(H,25,29)(H,26,27)/t18-,22-/m0/s1. The number of amides is 1. The number of sulfonamides is 1. The number of amidine groups is 1. The summed E-state index contributed by atoms with van der Waals surface area (Å²) in [5.41, 5.74) is 1.77. The third-order valence-electron chi connectivity index (χ3n) is 5.69. The fraction of sp³-hybridized carbons (Fsp3) is 0.417. The van der Waals surface area contributed by atoms with E-state index >= 15 is 0 Å². The summed E-state index contributed by atoms with van der Waals surface area (Å²) in [5, 5.41) is 2.99. The Kier molecular flexibility index (Phi) is 8.04. The van der Waals surface area contributed by atoms with Gasteiger partial charge in [0.15, 0.2) is 0 Å². The molecule has 32 heavy (non-hydrogen) atoms. The molecule has 2 atom stereocenters. The molecule has 2 aromatic rings. The van der Waals surface area contributed by atoms with E-state index in [4.69, 9.17) is 0 Å². The Hall–Kier alpha value is -2.71. The topological polar surface area (TPSA) is 90.9 Å². The van der Waals surface area contributed by atoms with E-state index in [1.54, 1.807) is 24.3 Å². The van der Waals surface area contributed by atoms with Crippen molar-refractivity contribution < 1.29 is 13.2 Å². The van der Waals surface area contributed by atoms with Crippen LogP contribution in [0.3, 0.4) is 0 Å². The van der Waals surface area contributed by atoms with E-state index in [1.807, 2.05) is 32.0 Å². The Bertz CT molecular complexity index is 1050. The number of aliphatic imine (C=N–C) groups is 1. The molecule has 0 aliphatic carbocycles. The molecule has 0 saturated heterocycles. The van der Waals surface area contributed by atoms with Crippen LogP contribution in [-0.2, 0) is 21.4 Å². The first kappa shape index (κ1) is 23.9. The highest BCUT2D eigenvalue weighted by molar-refractivity contribution is 7.90. The SMILES string of the molecule is CC[C@H](C)[C@H](N=C1NS(=O)(=O)c2ccccc21)C(=O)NCCCN(C)Cc1ccccc1. The second kappa shape index (κ2) is 10.7. The highest BCUT2D eigenvalue weighted by Gasteiger charge is 2.33. The van der Waals surface area contributed by atoms with Crippen LogP contribution < -0.4 is 10.0 Å². The van der Waals surface area contributed by atoms with Crippen LogP contribution in [0.5, 0.6) is 0 Å². The predicted molar refractivity (Wildman–Crippen MR) is 127 cm³/mol. The zero-order chi connectivity index (χ0) is 23.1. The molecule has 1 aliphatic heterocycles. The summed E-state index contributed by atoms with van der Waals surface area (Å²) >= 11 is 0. The highest BCUT2D eigenvalue weighted by Crippen LogP contribution is 2.24. The molecule has 1 aliphatic rings. The van der Waals surface area contributed by atoms with Crippen molar-refractivity contribution in [3.8, 4) is 0 Å². The molecule has 7 nitrogen and oxygen atoms in total. The van der Waals surface area contributed by atoms with Crippen molar-refractivity contribution in [1.29, 1.82) is 0 Å². The van der Waals surface area contributed by atoms with E-state index < -0.39 is 16.1 Å². The minimum Gasteiger partial charge on any atom is -0.354 e. The van der Waals surface area contributed by atoms with Gasteiger partial charge in [-0.25, -0.2) is 8.42 Å². The molecule has 0 unspecified atom stereocenters. The first-order valence-electron chi connectivity index (χ1n) is 11.0. The average Bonchev–Trinajstić information content (AvgIpc) is 3.05. The Morgan fingerprint density at radius 2 is 1.81 bits per heavy atom. The van der Waals surface area contributed by atoms with Gasteiger partial charge in [0, 0.05) is 18.7 Å². The summed E-state index contributed by atoms with van der Waals surface area (Å²) in [6.07, 6.45) is 1.57. The maximum Gasteiger partial charge on any atom is 0.263 e. The quantitative estimate of drug-likeness (QED) is 0.538. The molecular weight excluding hydrogens is 424 g/mol. The molecule has 3 rings (SSSR count). The van der Waals surface area contributed by atoms with Gasteiger partial charge in [0.25, 0.3) is 10.0 Å². The molecule has 8 heteroatoms. The summed E-state index contributed by atoms with van der Waals surface area (Å²) < 4.78 is 27.2. The lowest BCUT2D eigenvalue weighted by molar-refractivity contribution is -0.123. The van der Waals surface area contributed by atoms with Gasteiger partial charge in [-0.2, -0.15) is 0 Å². The van der Waals surface area contributed by atoms with E-state index in [-0.39, 0.29) is 22.6 Å². The summed E-state index contributed by atoms with van der Waals surface area (Å²) in [6, 6.07) is 16.3. The van der Waals surface area contributed by atoms with Gasteiger partial charge in [-0.15, -0.1) is 0 Å². The minimum absolute atomic E-state index is 0.0273. The number of carbonyl (C=O) groups is 1. The Balaban J connectivity index is 1.59. The number of hydrogen-bond acceptors (Lipinski definition) is 5. The maximum absolute atomic E-state index is 12.9. The number of nitrogens with zero attached hydrogens (tertiary/aromatic N) is 2. The predicted octanol–water partition coefficient (Wildman–Crippen LogP) is 2.78. The maximum atomic E-state index is 12.9. The van der Waals surface area contributed by atoms with Crippen molar-refractivity contribution in [3.05, 3.63) is 65.7 Å². The van der Waals surface area contributed by atoms with Gasteiger partial charge in [0.05, 0.1) is 4.90 Å². The third kappa shape index (κ3) is 5.95. The van der Waals surface area contributed by atoms with Crippen molar-refractivity contribution in [3.63, 3.8) is 0 Å². The van der Waals surface area contributed by atoms with Crippen LogP contribution in [0.25, 0.3) is 0 Å². The molecule has 1 heterocycles. The number of fused-ring (bicyclic) bond motifs is 1. The Labute approximate surface area is 191 Å². The monoisotopic (exact) mass is 456 g/mol. The summed E-state index contributed by atoms with van der Waals surface area (Å²) in [7, 11) is -1.57. The smallest absolute Gasteiger partial charge is 0.263 e. The fourth-order valence-electron chi connectivity index (χ4n) is 3.68. The molecule has 172 valence electrons. The van der Waals surface area contributed by atoms with E-state index in [0.29, 0.717) is 12.1 Å². The van der Waals surface area contributed by atoms with Gasteiger partial charge in [0.1, 0.15) is 11.9 Å². The van der Waals surface area contributed by atoms with Crippen LogP contribution in [0.15, 0.2) is 64.5 Å². The van der Waals surface area contributed by atoms with Crippen LogP contribution >= 0.6 is 0 Å². The van der Waals surface area contributed by atoms with E-state index in [1.165, 1.54) is 5.56 Å². The summed E-state index contributed by atoms with van der Waals surface area (Å²) in [6.45, 7) is 6.20. The van der Waals surface area contributed by atoms with Crippen LogP contribution in [-0.4, -0.2) is 51.2 Å². The van der Waals surface area contributed by atoms with Crippen molar-refractivity contribution >= 4 is 21.8 Å². The second-order valence-electron chi connectivity index (χ2n) is 8.28. The van der Waals surface area contributed by atoms with Crippen LogP contribution in [0, 0.1) is 5.92 Å². The van der Waals surface area contributed by atoms with Crippen molar-refractivity contribution in [1.82, 2.24) is 14.9 Å². The van der Waals surface area contributed by atoms with Crippen molar-refractivity contribution in [2.24, 2.45) is 10.9 Å². The van der Waals surface area contributed by atoms with Gasteiger partial charge in [-0.1, -0.05) is 62.7 Å². The zero-order valence-electron chi connectivity index (χ0n) is 18.9. The lowest BCUT2D eigenvalue weighted by Crippen LogP contribution is -2.40. The lowest BCUT2D eigenvalue weighted by atomic mass is 9.98. The second-order valence-corrected chi connectivity index (χ2v) is 9.93. The van der Waals surface area contributed by atoms with Crippen LogP contribution in [0.2, 0.25) is 0 Å². The summed E-state index contributed by atoms with van der Waals surface area (Å²) in [5.74, 6) is 0.0327. The molecule has 0 fully saturated rings. The van der Waals surface area contributed by atoms with E-state index in [9.17, 15) is 13.2 Å². The molecule has 0 aromatic heterocycles. The molecule has 0 radical (unpaired) electrons. The van der Waals surface area contributed by atoms with Crippen molar-refractivity contribution in [2.45, 2.75) is 44.2 Å². The number of nitrogens with one attached hydrogen (secondary N) is 2.